The Morgan fingerprint density at radius 1 is 0.636 bits per heavy atom. The Labute approximate surface area is 138 Å². The van der Waals surface area contributed by atoms with E-state index in [1.807, 2.05) is 0 Å². The first-order chi connectivity index (χ1) is 10.9. The molecule has 0 N–H and O–H groups in total. The maximum absolute atomic E-state index is 2.39. The number of allylic oxidation sites excluding steroid dienone is 1. The molecule has 1 heteroatoms. The zero-order valence-corrected chi connectivity index (χ0v) is 14.1. The molecule has 0 radical (unpaired) electrons. The van der Waals surface area contributed by atoms with Crippen molar-refractivity contribution in [3.8, 4) is 0 Å². The van der Waals surface area contributed by atoms with Crippen LogP contribution >= 0.6 is 0 Å². The molecule has 0 amide bonds. The van der Waals surface area contributed by atoms with Gasteiger partial charge in [-0.25, -0.2) is 0 Å². The van der Waals surface area contributed by atoms with E-state index in [-0.39, 0.29) is 0 Å². The Hall–Kier alpha value is -2.08. The molecule has 0 saturated heterocycles. The molecule has 0 bridgehead atoms. The van der Waals surface area contributed by atoms with Gasteiger partial charge in [-0.3, -0.25) is 0 Å². The summed E-state index contributed by atoms with van der Waals surface area (Å²) in [5.74, 6) is 0. The van der Waals surface area contributed by atoms with E-state index >= 15 is 0 Å². The fraction of sp³-hybridized carbons (Fsp3) is 0.0476. The first kappa shape index (κ1) is 14.8. The molecule has 0 aliphatic heterocycles. The average molecular weight is 349 g/mol. The van der Waals surface area contributed by atoms with Gasteiger partial charge in [-0.05, 0) is 0 Å². The second-order valence-electron chi connectivity index (χ2n) is 4.97. The normalized spacial score (nSPS) is 10.2. The van der Waals surface area contributed by atoms with Crippen LogP contribution in [0, 0.1) is 0 Å². The molecule has 3 aromatic rings. The third-order valence-electron chi connectivity index (χ3n) is 3.45. The van der Waals surface area contributed by atoms with Crippen molar-refractivity contribution >= 4 is 25.0 Å². The topological polar surface area (TPSA) is 0 Å². The van der Waals surface area contributed by atoms with E-state index in [4.69, 9.17) is 0 Å². The Kier molecular flexibility index (Phi) is 5.26. The van der Waals surface area contributed by atoms with Gasteiger partial charge >= 0.3 is 139 Å². The number of benzene rings is 3. The van der Waals surface area contributed by atoms with Crippen LogP contribution in [0.5, 0.6) is 0 Å². The van der Waals surface area contributed by atoms with Gasteiger partial charge in [0.15, 0.2) is 0 Å². The van der Waals surface area contributed by atoms with Gasteiger partial charge in [0, 0.05) is 0 Å². The van der Waals surface area contributed by atoms with E-state index in [1.165, 1.54) is 21.2 Å². The fourth-order valence-corrected chi connectivity index (χ4v) is 4.04. The van der Waals surface area contributed by atoms with Crippen LogP contribution in [-0.4, -0.2) is 15.0 Å². The molecule has 108 valence electrons. The molecule has 3 rings (SSSR count). The van der Waals surface area contributed by atoms with E-state index < -0.39 is 0 Å². The molecular formula is C21H18Se. The second kappa shape index (κ2) is 7.79. The Morgan fingerprint density at radius 2 is 1.09 bits per heavy atom. The predicted molar refractivity (Wildman–Crippen MR) is 96.6 cm³/mol. The predicted octanol–water partition coefficient (Wildman–Crippen LogP) is 4.57. The van der Waals surface area contributed by atoms with E-state index in [9.17, 15) is 0 Å². The van der Waals surface area contributed by atoms with Gasteiger partial charge < -0.3 is 0 Å². The molecule has 0 atom stereocenters. The maximum atomic E-state index is 2.39. The number of hydrogen-bond acceptors (Lipinski definition) is 0. The molecule has 0 saturated carbocycles. The first-order valence-corrected chi connectivity index (χ1v) is 9.49. The van der Waals surface area contributed by atoms with Crippen molar-refractivity contribution in [2.24, 2.45) is 0 Å². The molecule has 0 unspecified atom stereocenters. The van der Waals surface area contributed by atoms with Gasteiger partial charge in [0.05, 0.1) is 0 Å². The van der Waals surface area contributed by atoms with Crippen LogP contribution in [0.15, 0.2) is 97.1 Å². The van der Waals surface area contributed by atoms with E-state index in [0.717, 1.165) is 5.32 Å². The van der Waals surface area contributed by atoms with Crippen LogP contribution in [0.2, 0.25) is 5.32 Å². The van der Waals surface area contributed by atoms with Crippen LogP contribution in [0.3, 0.4) is 0 Å². The molecule has 0 aliphatic rings. The Balaban J connectivity index is 1.84. The van der Waals surface area contributed by atoms with Crippen molar-refractivity contribution in [3.63, 3.8) is 0 Å². The molecule has 0 heterocycles. The first-order valence-electron chi connectivity index (χ1n) is 7.42. The summed E-state index contributed by atoms with van der Waals surface area (Å²) in [6.07, 6.45) is 2.39. The van der Waals surface area contributed by atoms with E-state index in [1.54, 1.807) is 0 Å². The van der Waals surface area contributed by atoms with Crippen LogP contribution in [0.25, 0.3) is 5.57 Å². The minimum absolute atomic E-state index is 0.482. The molecule has 22 heavy (non-hydrogen) atoms. The molecule has 0 spiro atoms. The summed E-state index contributed by atoms with van der Waals surface area (Å²) in [5.41, 5.74) is 3.91. The van der Waals surface area contributed by atoms with Crippen molar-refractivity contribution in [2.45, 2.75) is 5.32 Å². The van der Waals surface area contributed by atoms with E-state index in [2.05, 4.69) is 97.1 Å². The summed E-state index contributed by atoms with van der Waals surface area (Å²) in [4.78, 5) is 0. The van der Waals surface area contributed by atoms with Crippen LogP contribution in [-0.2, 0) is 0 Å². The van der Waals surface area contributed by atoms with Crippen molar-refractivity contribution in [1.82, 2.24) is 0 Å². The van der Waals surface area contributed by atoms with Gasteiger partial charge in [-0.15, -0.1) is 0 Å². The van der Waals surface area contributed by atoms with Gasteiger partial charge in [0.2, 0.25) is 0 Å². The summed E-state index contributed by atoms with van der Waals surface area (Å²) in [6, 6.07) is 32.1. The van der Waals surface area contributed by atoms with Crippen molar-refractivity contribution in [1.29, 1.82) is 0 Å². The Morgan fingerprint density at radius 3 is 1.59 bits per heavy atom. The van der Waals surface area contributed by atoms with Gasteiger partial charge in [-0.1, -0.05) is 0 Å². The number of hydrogen-bond donors (Lipinski definition) is 0. The third kappa shape index (κ3) is 3.98. The zero-order chi connectivity index (χ0) is 15.0. The van der Waals surface area contributed by atoms with Crippen LogP contribution in [0.1, 0.15) is 11.1 Å². The fourth-order valence-electron chi connectivity index (χ4n) is 2.38. The van der Waals surface area contributed by atoms with Crippen LogP contribution in [0.4, 0.5) is 0 Å². The van der Waals surface area contributed by atoms with Crippen molar-refractivity contribution in [2.75, 3.05) is 0 Å². The average Bonchev–Trinajstić information content (AvgIpc) is 2.61. The summed E-state index contributed by atoms with van der Waals surface area (Å²) >= 11 is 0.482. The van der Waals surface area contributed by atoms with Crippen molar-refractivity contribution < 1.29 is 0 Å². The van der Waals surface area contributed by atoms with Crippen LogP contribution < -0.4 is 4.46 Å². The zero-order valence-electron chi connectivity index (χ0n) is 12.4. The van der Waals surface area contributed by atoms with Gasteiger partial charge in [0.1, 0.15) is 0 Å². The molecule has 0 aliphatic carbocycles. The molecule has 3 aromatic carbocycles. The Bertz CT molecular complexity index is 674. The summed E-state index contributed by atoms with van der Waals surface area (Å²) in [6.45, 7) is 0. The standard InChI is InChI=1S/C21H18Se/c1-4-10-18(11-5-1)21(19-12-6-2-7-13-19)16-17-22-20-14-8-3-9-15-20/h1-16H,17H2. The molecule has 0 aromatic heterocycles. The second-order valence-corrected chi connectivity index (χ2v) is 7.27. The quantitative estimate of drug-likeness (QED) is 0.592. The summed E-state index contributed by atoms with van der Waals surface area (Å²) in [7, 11) is 0. The molecule has 0 nitrogen and oxygen atoms in total. The molecular weight excluding hydrogens is 331 g/mol. The summed E-state index contributed by atoms with van der Waals surface area (Å²) < 4.78 is 1.45. The SMILES string of the molecule is C(C[Se]c1ccccc1)=C(c1ccccc1)c1ccccc1. The summed E-state index contributed by atoms with van der Waals surface area (Å²) in [5, 5.41) is 1.11. The third-order valence-corrected chi connectivity index (χ3v) is 5.42. The van der Waals surface area contributed by atoms with E-state index in [0.29, 0.717) is 15.0 Å². The monoisotopic (exact) mass is 350 g/mol. The van der Waals surface area contributed by atoms with Crippen molar-refractivity contribution in [3.05, 3.63) is 108 Å². The minimum atomic E-state index is 0.482. The molecule has 0 fully saturated rings. The van der Waals surface area contributed by atoms with Gasteiger partial charge in [-0.2, -0.15) is 0 Å². The number of rotatable bonds is 5. The van der Waals surface area contributed by atoms with Gasteiger partial charge in [0.25, 0.3) is 0 Å².